The molecular formula is C50H78N6. The minimum Gasteiger partial charge on any atom is -0.288 e. The highest BCUT2D eigenvalue weighted by Gasteiger charge is 2.36. The lowest BCUT2D eigenvalue weighted by Gasteiger charge is -2.44. The van der Waals surface area contributed by atoms with Gasteiger partial charge in [0.05, 0.1) is 18.5 Å². The molecule has 0 aliphatic carbocycles. The van der Waals surface area contributed by atoms with Gasteiger partial charge in [-0.2, -0.15) is 0 Å². The lowest BCUT2D eigenvalue weighted by atomic mass is 9.98. The molecule has 4 unspecified atom stereocenters. The van der Waals surface area contributed by atoms with Gasteiger partial charge in [-0.25, -0.2) is 0 Å². The molecular weight excluding hydrogens is 685 g/mol. The minimum atomic E-state index is 0. The molecule has 0 bridgehead atoms. The second kappa shape index (κ2) is 22.7. The van der Waals surface area contributed by atoms with Crippen LogP contribution in [0.3, 0.4) is 0 Å². The molecule has 0 radical (unpaired) electrons. The van der Waals surface area contributed by atoms with Crippen LogP contribution in [0.15, 0.2) is 104 Å². The first-order valence-electron chi connectivity index (χ1n) is 21.0. The Morgan fingerprint density at radius 3 is 1.52 bits per heavy atom. The molecule has 56 heavy (non-hydrogen) atoms. The van der Waals surface area contributed by atoms with Gasteiger partial charge in [0, 0.05) is 58.4 Å². The lowest BCUT2D eigenvalue weighted by Crippen LogP contribution is -2.53. The summed E-state index contributed by atoms with van der Waals surface area (Å²) in [5.41, 5.74) is 6.53. The molecule has 6 heterocycles. The maximum atomic E-state index is 4.35. The van der Waals surface area contributed by atoms with Crippen LogP contribution in [0.5, 0.6) is 0 Å². The molecule has 0 N–H and O–H groups in total. The Hall–Kier alpha value is -3.10. The van der Waals surface area contributed by atoms with Crippen LogP contribution >= 0.6 is 0 Å². The Bertz CT molecular complexity index is 1560. The van der Waals surface area contributed by atoms with Crippen molar-refractivity contribution in [3.8, 4) is 0 Å². The number of rotatable bonds is 8. The summed E-state index contributed by atoms with van der Waals surface area (Å²) in [6.45, 7) is 24.6. The summed E-state index contributed by atoms with van der Waals surface area (Å²) in [5.74, 6) is 0. The molecule has 0 aromatic heterocycles. The van der Waals surface area contributed by atoms with Crippen LogP contribution in [-0.4, -0.2) is 119 Å². The zero-order chi connectivity index (χ0) is 36.4. The van der Waals surface area contributed by atoms with Gasteiger partial charge in [-0.05, 0) is 112 Å². The van der Waals surface area contributed by atoms with Crippen molar-refractivity contribution < 1.29 is 0 Å². The Morgan fingerprint density at radius 1 is 0.518 bits per heavy atom. The third kappa shape index (κ3) is 11.5. The van der Waals surface area contributed by atoms with E-state index in [9.17, 15) is 0 Å². The van der Waals surface area contributed by atoms with Gasteiger partial charge in [0.15, 0.2) is 0 Å². The number of hydrogen-bond acceptors (Lipinski definition) is 6. The largest absolute Gasteiger partial charge is 0.288 e. The first-order valence-corrected chi connectivity index (χ1v) is 21.0. The van der Waals surface area contributed by atoms with Gasteiger partial charge in [0.25, 0.3) is 0 Å². The molecule has 6 aliphatic rings. The van der Waals surface area contributed by atoms with Gasteiger partial charge < -0.3 is 0 Å². The van der Waals surface area contributed by atoms with Crippen molar-refractivity contribution in [2.75, 3.05) is 65.4 Å². The van der Waals surface area contributed by atoms with Crippen molar-refractivity contribution in [2.45, 2.75) is 118 Å². The molecule has 6 heteroatoms. The van der Waals surface area contributed by atoms with Crippen LogP contribution in [0.1, 0.15) is 104 Å². The van der Waals surface area contributed by atoms with E-state index < -0.39 is 0 Å². The quantitative estimate of drug-likeness (QED) is 0.226. The first kappa shape index (κ1) is 45.6. The van der Waals surface area contributed by atoms with Crippen molar-refractivity contribution >= 4 is 11.1 Å². The summed E-state index contributed by atoms with van der Waals surface area (Å²) in [6.07, 6.45) is 14.1. The van der Waals surface area contributed by atoms with Crippen molar-refractivity contribution in [1.29, 1.82) is 0 Å². The molecule has 0 saturated carbocycles. The molecule has 3 aromatic rings. The topological polar surface area (TPSA) is 19.4 Å². The van der Waals surface area contributed by atoms with Crippen molar-refractivity contribution in [3.05, 3.63) is 121 Å². The third-order valence-electron chi connectivity index (χ3n) is 12.8. The summed E-state index contributed by atoms with van der Waals surface area (Å²) in [6, 6.07) is 32.5. The molecule has 6 aliphatic heterocycles. The second-order valence-electron chi connectivity index (χ2n) is 16.2. The van der Waals surface area contributed by atoms with Gasteiger partial charge in [-0.15, -0.1) is 0 Å². The molecule has 4 atom stereocenters. The zero-order valence-electron chi connectivity index (χ0n) is 32.7. The monoisotopic (exact) mass is 763 g/mol. The molecule has 6 nitrogen and oxygen atoms in total. The van der Waals surface area contributed by atoms with Gasteiger partial charge in [-0.3, -0.25) is 29.4 Å². The second-order valence-corrected chi connectivity index (χ2v) is 16.2. The van der Waals surface area contributed by atoms with E-state index in [0.29, 0.717) is 18.4 Å². The number of nitrogens with zero attached hydrogens (tertiary/aromatic N) is 6. The van der Waals surface area contributed by atoms with E-state index in [0.717, 1.165) is 19.3 Å². The molecule has 3 aromatic carbocycles. The highest BCUT2D eigenvalue weighted by atomic mass is 15.4. The summed E-state index contributed by atoms with van der Waals surface area (Å²) in [4.78, 5) is 15.9. The molecule has 308 valence electrons. The van der Waals surface area contributed by atoms with Gasteiger partial charge in [-0.1, -0.05) is 126 Å². The zero-order valence-corrected chi connectivity index (χ0v) is 32.7. The average molecular weight is 763 g/mol. The smallest absolute Gasteiger partial charge is 0.0628 e. The van der Waals surface area contributed by atoms with Crippen molar-refractivity contribution in [2.24, 2.45) is 0 Å². The molecule has 0 amide bonds. The lowest BCUT2D eigenvalue weighted by molar-refractivity contribution is 0.0226. The average Bonchev–Trinajstić information content (AvgIpc) is 4.01. The van der Waals surface area contributed by atoms with Crippen LogP contribution in [0.2, 0.25) is 0 Å². The van der Waals surface area contributed by atoms with E-state index >= 15 is 0 Å². The standard InChI is InChI=1S/C17H24N2.C16H22N2.C14H20N2.3CH4/c1-14(16-8-4-3-5-9-16)15(2)19-13-7-12-18-11-6-10-17(18)19;1-14(15-7-3-2-4-8-15)13-18-12-6-11-17-10-5-9-16(17)18;1-2-6-13(7-3-1)12-16-11-5-10-15-9-4-8-14(15)16;;;/h3-5,8-9,15,17H,1,6-7,10-13H2,2H3;2-4,7-8,16H,1,5-6,9-13H2;1-3,6-7,14H,4-5,8-12H2;3*1H4. The van der Waals surface area contributed by atoms with Crippen LogP contribution in [0, 0.1) is 0 Å². The summed E-state index contributed by atoms with van der Waals surface area (Å²) in [7, 11) is 0. The predicted octanol–water partition coefficient (Wildman–Crippen LogP) is 10.3. The van der Waals surface area contributed by atoms with Crippen LogP contribution in [0.4, 0.5) is 0 Å². The van der Waals surface area contributed by atoms with Gasteiger partial charge >= 0.3 is 0 Å². The number of benzene rings is 3. The maximum Gasteiger partial charge on any atom is 0.0628 e. The molecule has 9 rings (SSSR count). The Balaban J connectivity index is 0.000000182. The fraction of sp³-hybridized carbons (Fsp3) is 0.560. The Kier molecular flexibility index (Phi) is 18.5. The van der Waals surface area contributed by atoms with E-state index in [2.05, 4.69) is 140 Å². The first-order chi connectivity index (χ1) is 26.0. The van der Waals surface area contributed by atoms with E-state index in [1.807, 2.05) is 0 Å². The van der Waals surface area contributed by atoms with Gasteiger partial charge in [0.1, 0.15) is 0 Å². The number of fused-ring (bicyclic) bond motifs is 3. The van der Waals surface area contributed by atoms with Crippen LogP contribution in [-0.2, 0) is 6.54 Å². The number of hydrogen-bond donors (Lipinski definition) is 0. The Labute approximate surface area is 343 Å². The van der Waals surface area contributed by atoms with E-state index in [1.165, 1.54) is 145 Å². The van der Waals surface area contributed by atoms with Gasteiger partial charge in [0.2, 0.25) is 0 Å². The molecule has 6 fully saturated rings. The van der Waals surface area contributed by atoms with E-state index in [1.54, 1.807) is 0 Å². The van der Waals surface area contributed by atoms with Crippen LogP contribution in [0.25, 0.3) is 11.1 Å². The van der Waals surface area contributed by atoms with Crippen molar-refractivity contribution in [1.82, 2.24) is 29.4 Å². The van der Waals surface area contributed by atoms with Crippen molar-refractivity contribution in [3.63, 3.8) is 0 Å². The van der Waals surface area contributed by atoms with Crippen LogP contribution < -0.4 is 0 Å². The van der Waals surface area contributed by atoms with E-state index in [-0.39, 0.29) is 22.3 Å². The highest BCUT2D eigenvalue weighted by Crippen LogP contribution is 2.31. The summed E-state index contributed by atoms with van der Waals surface area (Å²) < 4.78 is 0. The SMILES string of the molecule is C.C.C.C=C(CN1CCCN2CCCC21)c1ccccc1.C=C(c1ccccc1)C(C)N1CCCN2CCCC21.c1ccc(CN2CCCN3CCCC32)cc1. The molecule has 0 spiro atoms. The highest BCUT2D eigenvalue weighted by molar-refractivity contribution is 5.67. The predicted molar refractivity (Wildman–Crippen MR) is 243 cm³/mol. The fourth-order valence-electron chi connectivity index (χ4n) is 10.0. The maximum absolute atomic E-state index is 4.35. The fourth-order valence-corrected chi connectivity index (χ4v) is 10.0. The Morgan fingerprint density at radius 2 is 0.946 bits per heavy atom. The minimum absolute atomic E-state index is 0. The normalized spacial score (nSPS) is 24.6. The third-order valence-corrected chi connectivity index (χ3v) is 12.8. The molecule has 6 saturated heterocycles. The summed E-state index contributed by atoms with van der Waals surface area (Å²) in [5, 5.41) is 0. The van der Waals surface area contributed by atoms with E-state index in [4.69, 9.17) is 0 Å². The summed E-state index contributed by atoms with van der Waals surface area (Å²) >= 11 is 0.